The number of carboxylic acids is 1. The number of ether oxygens (including phenoxy) is 2. The fourth-order valence-electron chi connectivity index (χ4n) is 2.25. The van der Waals surface area contributed by atoms with E-state index in [9.17, 15) is 9.59 Å². The highest BCUT2D eigenvalue weighted by Crippen LogP contribution is 2.29. The van der Waals surface area contributed by atoms with E-state index in [4.69, 9.17) is 14.6 Å². The summed E-state index contributed by atoms with van der Waals surface area (Å²) in [6, 6.07) is 5.41. The lowest BCUT2D eigenvalue weighted by Crippen LogP contribution is -2.36. The molecule has 0 aliphatic heterocycles. The minimum Gasteiger partial charge on any atom is -0.493 e. The van der Waals surface area contributed by atoms with Crippen molar-refractivity contribution < 1.29 is 24.2 Å². The molecule has 0 spiro atoms. The number of nitrogens with zero attached hydrogens (tertiary/aromatic N) is 1. The number of aliphatic carboxylic acids is 1. The van der Waals surface area contributed by atoms with E-state index in [0.29, 0.717) is 18.1 Å². The highest BCUT2D eigenvalue weighted by Gasteiger charge is 2.32. The maximum Gasteiger partial charge on any atom is 0.323 e. The third-order valence-corrected chi connectivity index (χ3v) is 3.48. The van der Waals surface area contributed by atoms with E-state index in [-0.39, 0.29) is 18.5 Å². The lowest BCUT2D eigenvalue weighted by atomic mass is 10.2. The number of amides is 1. The van der Waals surface area contributed by atoms with Crippen molar-refractivity contribution in [3.05, 3.63) is 29.8 Å². The quantitative estimate of drug-likeness (QED) is 0.743. The molecule has 0 unspecified atom stereocenters. The van der Waals surface area contributed by atoms with Crippen molar-refractivity contribution in [2.75, 3.05) is 20.3 Å². The summed E-state index contributed by atoms with van der Waals surface area (Å²) in [6.45, 7) is 2.13. The van der Waals surface area contributed by atoms with Gasteiger partial charge in [-0.05, 0) is 43.5 Å². The van der Waals surface area contributed by atoms with Gasteiger partial charge in [0.05, 0.1) is 13.7 Å². The van der Waals surface area contributed by atoms with Crippen LogP contribution in [-0.4, -0.2) is 48.2 Å². The van der Waals surface area contributed by atoms with Crippen LogP contribution < -0.4 is 9.47 Å². The Bertz CT molecular complexity index is 607. The van der Waals surface area contributed by atoms with Crippen LogP contribution in [0.1, 0.15) is 25.3 Å². The first-order valence-electron chi connectivity index (χ1n) is 7.56. The Kier molecular flexibility index (Phi) is 5.62. The number of hydrogen-bond acceptors (Lipinski definition) is 4. The summed E-state index contributed by atoms with van der Waals surface area (Å²) in [4.78, 5) is 24.4. The molecule has 1 amide bonds. The Morgan fingerprint density at radius 2 is 2.09 bits per heavy atom. The third-order valence-electron chi connectivity index (χ3n) is 3.48. The topological polar surface area (TPSA) is 76.1 Å². The molecule has 6 heteroatoms. The van der Waals surface area contributed by atoms with Crippen molar-refractivity contribution in [1.82, 2.24) is 4.90 Å². The zero-order chi connectivity index (χ0) is 16.8. The lowest BCUT2D eigenvalue weighted by Gasteiger charge is -2.18. The smallest absolute Gasteiger partial charge is 0.323 e. The van der Waals surface area contributed by atoms with E-state index in [0.717, 1.165) is 18.4 Å². The van der Waals surface area contributed by atoms with Gasteiger partial charge in [0.15, 0.2) is 11.5 Å². The second-order valence-electron chi connectivity index (χ2n) is 5.27. The van der Waals surface area contributed by atoms with Gasteiger partial charge in [-0.2, -0.15) is 0 Å². The molecule has 1 saturated carbocycles. The van der Waals surface area contributed by atoms with Gasteiger partial charge in [-0.15, -0.1) is 0 Å². The van der Waals surface area contributed by atoms with Gasteiger partial charge in [-0.25, -0.2) is 0 Å². The van der Waals surface area contributed by atoms with Crippen molar-refractivity contribution in [2.24, 2.45) is 0 Å². The third kappa shape index (κ3) is 4.74. The average molecular weight is 319 g/mol. The van der Waals surface area contributed by atoms with E-state index in [1.54, 1.807) is 25.3 Å². The van der Waals surface area contributed by atoms with Crippen molar-refractivity contribution in [3.63, 3.8) is 0 Å². The van der Waals surface area contributed by atoms with Gasteiger partial charge in [0.1, 0.15) is 6.54 Å². The van der Waals surface area contributed by atoms with Crippen LogP contribution in [0.2, 0.25) is 0 Å². The second-order valence-corrected chi connectivity index (χ2v) is 5.27. The van der Waals surface area contributed by atoms with Crippen molar-refractivity contribution in [2.45, 2.75) is 25.8 Å². The maximum absolute atomic E-state index is 12.2. The van der Waals surface area contributed by atoms with E-state index in [1.807, 2.05) is 13.0 Å². The molecule has 1 aliphatic rings. The summed E-state index contributed by atoms with van der Waals surface area (Å²) in [7, 11) is 1.57. The molecule has 0 saturated heterocycles. The van der Waals surface area contributed by atoms with Crippen LogP contribution in [0, 0.1) is 0 Å². The number of methoxy groups -OCH3 is 1. The molecule has 23 heavy (non-hydrogen) atoms. The predicted molar refractivity (Wildman–Crippen MR) is 85.6 cm³/mol. The number of carbonyl (C=O) groups is 2. The minimum absolute atomic E-state index is 0.0538. The molecule has 6 nitrogen and oxygen atoms in total. The number of carboxylic acid groups (broad SMARTS) is 1. The molecule has 0 heterocycles. The van der Waals surface area contributed by atoms with Crippen LogP contribution in [0.4, 0.5) is 0 Å². The van der Waals surface area contributed by atoms with Crippen LogP contribution in [-0.2, 0) is 9.59 Å². The maximum atomic E-state index is 12.2. The van der Waals surface area contributed by atoms with Crippen molar-refractivity contribution in [3.8, 4) is 11.5 Å². The first kappa shape index (κ1) is 16.9. The fraction of sp³-hybridized carbons (Fsp3) is 0.412. The van der Waals surface area contributed by atoms with Gasteiger partial charge in [0, 0.05) is 12.1 Å². The number of carbonyl (C=O) groups excluding carboxylic acids is 1. The molecule has 0 atom stereocenters. The Morgan fingerprint density at radius 1 is 1.35 bits per heavy atom. The Hall–Kier alpha value is -2.50. The molecule has 124 valence electrons. The van der Waals surface area contributed by atoms with Crippen molar-refractivity contribution in [1.29, 1.82) is 0 Å². The summed E-state index contributed by atoms with van der Waals surface area (Å²) < 4.78 is 10.7. The van der Waals surface area contributed by atoms with E-state index < -0.39 is 5.97 Å². The summed E-state index contributed by atoms with van der Waals surface area (Å²) >= 11 is 0. The molecule has 0 bridgehead atoms. The molecule has 1 fully saturated rings. The van der Waals surface area contributed by atoms with E-state index in [2.05, 4.69) is 0 Å². The van der Waals surface area contributed by atoms with Crippen LogP contribution >= 0.6 is 0 Å². The zero-order valence-electron chi connectivity index (χ0n) is 13.3. The molecule has 0 radical (unpaired) electrons. The predicted octanol–water partition coefficient (Wildman–Crippen LogP) is 2.18. The van der Waals surface area contributed by atoms with Gasteiger partial charge in [-0.3, -0.25) is 9.59 Å². The van der Waals surface area contributed by atoms with Gasteiger partial charge in [0.2, 0.25) is 5.91 Å². The Balaban J connectivity index is 2.10. The molecule has 2 rings (SSSR count). The highest BCUT2D eigenvalue weighted by atomic mass is 16.5. The first-order valence-corrected chi connectivity index (χ1v) is 7.56. The summed E-state index contributed by atoms with van der Waals surface area (Å²) in [5, 5.41) is 8.90. The Morgan fingerprint density at radius 3 is 2.65 bits per heavy atom. The summed E-state index contributed by atoms with van der Waals surface area (Å²) in [5.41, 5.74) is 0.786. The SMILES string of the molecule is CCOc1cc(/C=C/C(=O)N(CC(=O)O)C2CC2)ccc1OC. The average Bonchev–Trinajstić information content (AvgIpc) is 3.35. The van der Waals surface area contributed by atoms with E-state index in [1.165, 1.54) is 11.0 Å². The Labute approximate surface area is 135 Å². The normalized spacial score (nSPS) is 13.8. The number of rotatable bonds is 8. The zero-order valence-corrected chi connectivity index (χ0v) is 13.3. The van der Waals surface area contributed by atoms with Crippen LogP contribution in [0.15, 0.2) is 24.3 Å². The highest BCUT2D eigenvalue weighted by molar-refractivity contribution is 5.94. The van der Waals surface area contributed by atoms with Gasteiger partial charge < -0.3 is 19.5 Å². The van der Waals surface area contributed by atoms with Gasteiger partial charge >= 0.3 is 5.97 Å². The number of benzene rings is 1. The van der Waals surface area contributed by atoms with Gasteiger partial charge in [0.25, 0.3) is 0 Å². The monoisotopic (exact) mass is 319 g/mol. The first-order chi connectivity index (χ1) is 11.0. The fourth-order valence-corrected chi connectivity index (χ4v) is 2.25. The second kappa shape index (κ2) is 7.67. The molecular formula is C17H21NO5. The molecule has 1 aromatic rings. The number of hydrogen-bond donors (Lipinski definition) is 1. The summed E-state index contributed by atoms with van der Waals surface area (Å²) in [6.07, 6.45) is 4.79. The molecular weight excluding hydrogens is 298 g/mol. The van der Waals surface area contributed by atoms with Crippen LogP contribution in [0.25, 0.3) is 6.08 Å². The van der Waals surface area contributed by atoms with Crippen molar-refractivity contribution >= 4 is 18.0 Å². The van der Waals surface area contributed by atoms with E-state index >= 15 is 0 Å². The van der Waals surface area contributed by atoms with Crippen LogP contribution in [0.3, 0.4) is 0 Å². The van der Waals surface area contributed by atoms with Gasteiger partial charge in [-0.1, -0.05) is 6.07 Å². The molecule has 1 aromatic carbocycles. The molecule has 0 aromatic heterocycles. The standard InChI is InChI=1S/C17H21NO5/c1-3-23-15-10-12(4-8-14(15)22-2)5-9-16(19)18(11-17(20)21)13-6-7-13/h4-5,8-10,13H,3,6-7,11H2,1-2H3,(H,20,21)/b9-5+. The summed E-state index contributed by atoms with van der Waals surface area (Å²) in [5.74, 6) is -0.0552. The lowest BCUT2D eigenvalue weighted by molar-refractivity contribution is -0.143. The molecule has 1 N–H and O–H groups in total. The minimum atomic E-state index is -0.998. The molecule has 1 aliphatic carbocycles. The largest absolute Gasteiger partial charge is 0.493 e. The van der Waals surface area contributed by atoms with Crippen LogP contribution in [0.5, 0.6) is 11.5 Å².